The van der Waals surface area contributed by atoms with Crippen LogP contribution in [0.1, 0.15) is 25.7 Å². The molecule has 0 aliphatic rings. The molecule has 0 rings (SSSR count). The molecule has 3 heteroatoms. The lowest BCUT2D eigenvalue weighted by Crippen LogP contribution is -1.85. The summed E-state index contributed by atoms with van der Waals surface area (Å²) >= 11 is 10.3. The highest BCUT2D eigenvalue weighted by molar-refractivity contribution is 9.24. The van der Waals surface area contributed by atoms with Gasteiger partial charge in [-0.05, 0) is 12.8 Å². The summed E-state index contributed by atoms with van der Waals surface area (Å²) in [5, 5.41) is 1.14. The number of unbranched alkanes of at least 4 members (excludes halogenated alkanes) is 2. The average Bonchev–Trinajstić information content (AvgIpc) is 1.80. The fourth-order valence-electron chi connectivity index (χ4n) is 0.570. The molecule has 0 bridgehead atoms. The molecule has 0 spiro atoms. The van der Waals surface area contributed by atoms with E-state index in [-0.39, 0.29) is 0 Å². The summed E-state index contributed by atoms with van der Waals surface area (Å²) in [5.41, 5.74) is 0. The lowest BCUT2D eigenvalue weighted by molar-refractivity contribution is 0.707. The van der Waals surface area contributed by atoms with Crippen molar-refractivity contribution in [1.82, 2.24) is 0 Å². The maximum Gasteiger partial charge on any atom is 0.0697 e. The Labute approximate surface area is 82.2 Å². The van der Waals surface area contributed by atoms with Crippen LogP contribution in [0.2, 0.25) is 0 Å². The zero-order chi connectivity index (χ0) is 7.11. The first-order chi connectivity index (χ1) is 4.27. The summed E-state index contributed by atoms with van der Waals surface area (Å²) in [6.45, 7) is 0. The smallest absolute Gasteiger partial charge is 0.0697 e. The molecule has 0 aliphatic heterocycles. The van der Waals surface area contributed by atoms with E-state index in [1.807, 2.05) is 0 Å². The minimum absolute atomic E-state index is 0.514. The van der Waals surface area contributed by atoms with E-state index in [4.69, 9.17) is 0 Å². The minimum Gasteiger partial charge on any atom is -0.0928 e. The second-order valence-corrected chi connectivity index (χ2v) is 6.16. The molecule has 0 atom stereocenters. The van der Waals surface area contributed by atoms with Crippen LogP contribution >= 0.6 is 47.8 Å². The Kier molecular flexibility index (Phi) is 8.75. The highest BCUT2D eigenvalue weighted by atomic mass is 79.9. The highest BCUT2D eigenvalue weighted by Crippen LogP contribution is 2.16. The third kappa shape index (κ3) is 9.44. The van der Waals surface area contributed by atoms with Crippen LogP contribution < -0.4 is 0 Å². The summed E-state index contributed by atoms with van der Waals surface area (Å²) in [4.78, 5) is 0. The van der Waals surface area contributed by atoms with Crippen LogP contribution in [0.25, 0.3) is 0 Å². The molecule has 0 aromatic heterocycles. The predicted octanol–water partition coefficient (Wildman–Crippen LogP) is 4.06. The topological polar surface area (TPSA) is 0 Å². The van der Waals surface area contributed by atoms with Crippen LogP contribution in [0.4, 0.5) is 0 Å². The van der Waals surface area contributed by atoms with Gasteiger partial charge in [-0.2, -0.15) is 0 Å². The first-order valence-electron chi connectivity index (χ1n) is 3.11. The van der Waals surface area contributed by atoms with Crippen LogP contribution in [0.15, 0.2) is 0 Å². The Balaban J connectivity index is 2.75. The van der Waals surface area contributed by atoms with Crippen LogP contribution in [0.5, 0.6) is 0 Å². The SMILES string of the molecule is BrCCCCCC(Br)Br. The molecule has 0 saturated heterocycles. The quantitative estimate of drug-likeness (QED) is 0.529. The molecule has 0 N–H and O–H groups in total. The van der Waals surface area contributed by atoms with E-state index in [0.717, 1.165) is 5.33 Å². The van der Waals surface area contributed by atoms with Gasteiger partial charge in [-0.1, -0.05) is 60.6 Å². The number of rotatable bonds is 5. The number of alkyl halides is 3. The molecule has 0 radical (unpaired) electrons. The Morgan fingerprint density at radius 1 is 1.00 bits per heavy atom. The van der Waals surface area contributed by atoms with E-state index in [9.17, 15) is 0 Å². The van der Waals surface area contributed by atoms with Gasteiger partial charge in [0.15, 0.2) is 0 Å². The van der Waals surface area contributed by atoms with Gasteiger partial charge >= 0.3 is 0 Å². The normalized spacial score (nSPS) is 10.7. The maximum absolute atomic E-state index is 3.43. The summed E-state index contributed by atoms with van der Waals surface area (Å²) in [5.74, 6) is 0. The van der Waals surface area contributed by atoms with Gasteiger partial charge in [0.05, 0.1) is 3.74 Å². The number of hydrogen-bond acceptors (Lipinski definition) is 0. The van der Waals surface area contributed by atoms with Crippen LogP contribution in [0, 0.1) is 0 Å². The Morgan fingerprint density at radius 2 is 1.67 bits per heavy atom. The summed E-state index contributed by atoms with van der Waals surface area (Å²) in [6.07, 6.45) is 5.17. The lowest BCUT2D eigenvalue weighted by Gasteiger charge is -1.98. The molecule has 0 heterocycles. The molecular weight excluding hydrogens is 312 g/mol. The molecule has 0 nitrogen and oxygen atoms in total. The van der Waals surface area contributed by atoms with Gasteiger partial charge in [0.25, 0.3) is 0 Å². The Bertz CT molecular complexity index is 54.3. The van der Waals surface area contributed by atoms with Gasteiger partial charge in [-0.25, -0.2) is 0 Å². The molecule has 0 aromatic rings. The third-order valence-corrected chi connectivity index (χ3v) is 2.53. The Morgan fingerprint density at radius 3 is 2.11 bits per heavy atom. The monoisotopic (exact) mass is 320 g/mol. The fraction of sp³-hybridized carbons (Fsp3) is 1.00. The van der Waals surface area contributed by atoms with Crippen LogP contribution in [-0.4, -0.2) is 9.07 Å². The predicted molar refractivity (Wildman–Crippen MR) is 53.9 cm³/mol. The maximum atomic E-state index is 3.43. The summed E-state index contributed by atoms with van der Waals surface area (Å²) in [6, 6.07) is 0. The molecular formula is C6H11Br3. The van der Waals surface area contributed by atoms with E-state index < -0.39 is 0 Å². The van der Waals surface area contributed by atoms with Crippen LogP contribution in [-0.2, 0) is 0 Å². The number of halogens is 3. The van der Waals surface area contributed by atoms with Crippen molar-refractivity contribution in [3.63, 3.8) is 0 Å². The molecule has 0 saturated carbocycles. The summed E-state index contributed by atoms with van der Waals surface area (Å²) < 4.78 is 0.514. The van der Waals surface area contributed by atoms with Gasteiger partial charge in [-0.15, -0.1) is 0 Å². The minimum atomic E-state index is 0.514. The first-order valence-corrected chi connectivity index (χ1v) is 6.06. The Hall–Kier alpha value is 1.44. The van der Waals surface area contributed by atoms with Crippen molar-refractivity contribution in [3.05, 3.63) is 0 Å². The van der Waals surface area contributed by atoms with Crippen molar-refractivity contribution < 1.29 is 0 Å². The molecule has 0 unspecified atom stereocenters. The van der Waals surface area contributed by atoms with Crippen molar-refractivity contribution >= 4 is 47.8 Å². The van der Waals surface area contributed by atoms with E-state index >= 15 is 0 Å². The van der Waals surface area contributed by atoms with Crippen molar-refractivity contribution in [2.75, 3.05) is 5.33 Å². The average molecular weight is 323 g/mol. The molecule has 0 aliphatic carbocycles. The molecule has 0 fully saturated rings. The zero-order valence-electron chi connectivity index (χ0n) is 5.25. The molecule has 0 amide bonds. The van der Waals surface area contributed by atoms with E-state index in [1.165, 1.54) is 25.7 Å². The second kappa shape index (κ2) is 7.55. The van der Waals surface area contributed by atoms with Gasteiger partial charge in [-0.3, -0.25) is 0 Å². The molecule has 0 aromatic carbocycles. The van der Waals surface area contributed by atoms with E-state index in [0.29, 0.717) is 3.74 Å². The van der Waals surface area contributed by atoms with E-state index in [2.05, 4.69) is 47.8 Å². The standard InChI is InChI=1S/C6H11Br3/c7-5-3-1-2-4-6(8)9/h6H,1-5H2. The lowest BCUT2D eigenvalue weighted by atomic mass is 10.2. The third-order valence-electron chi connectivity index (χ3n) is 1.06. The molecule has 9 heavy (non-hydrogen) atoms. The van der Waals surface area contributed by atoms with E-state index in [1.54, 1.807) is 0 Å². The van der Waals surface area contributed by atoms with Crippen LogP contribution in [0.3, 0.4) is 0 Å². The van der Waals surface area contributed by atoms with Crippen molar-refractivity contribution in [2.45, 2.75) is 29.4 Å². The van der Waals surface area contributed by atoms with Crippen molar-refractivity contribution in [3.8, 4) is 0 Å². The fourth-order valence-corrected chi connectivity index (χ4v) is 1.61. The highest BCUT2D eigenvalue weighted by Gasteiger charge is 1.95. The van der Waals surface area contributed by atoms with Crippen molar-refractivity contribution in [1.29, 1.82) is 0 Å². The zero-order valence-corrected chi connectivity index (χ0v) is 10.0. The van der Waals surface area contributed by atoms with Gasteiger partial charge in [0, 0.05) is 5.33 Å². The summed E-state index contributed by atoms with van der Waals surface area (Å²) in [7, 11) is 0. The van der Waals surface area contributed by atoms with Gasteiger partial charge in [0.2, 0.25) is 0 Å². The van der Waals surface area contributed by atoms with Gasteiger partial charge in [0.1, 0.15) is 0 Å². The first kappa shape index (κ1) is 10.4. The van der Waals surface area contributed by atoms with Gasteiger partial charge < -0.3 is 0 Å². The molecule has 56 valence electrons. The second-order valence-electron chi connectivity index (χ2n) is 1.93. The van der Waals surface area contributed by atoms with Crippen molar-refractivity contribution in [2.24, 2.45) is 0 Å². The number of hydrogen-bond donors (Lipinski definition) is 0. The largest absolute Gasteiger partial charge is 0.0928 e.